The molecule has 0 aliphatic rings. The third kappa shape index (κ3) is 14.5. The third-order valence-electron chi connectivity index (χ3n) is 4.11. The topological polar surface area (TPSA) is 29.5 Å². The molecule has 0 N–H and O–H groups in total. The van der Waals surface area contributed by atoms with Gasteiger partial charge in [-0.2, -0.15) is 0 Å². The summed E-state index contributed by atoms with van der Waals surface area (Å²) >= 11 is 0. The molecule has 0 amide bonds. The number of carbonyl (C=O) groups is 1. The van der Waals surface area contributed by atoms with Crippen LogP contribution in [0.1, 0.15) is 85.0 Å². The second-order valence-corrected chi connectivity index (χ2v) is 6.59. The zero-order valence-electron chi connectivity index (χ0n) is 15.9. The predicted octanol–water partition coefficient (Wildman–Crippen LogP) is 5.35. The van der Waals surface area contributed by atoms with Crippen molar-refractivity contribution in [3.63, 3.8) is 0 Å². The van der Waals surface area contributed by atoms with Crippen LogP contribution in [0.5, 0.6) is 0 Å². The summed E-state index contributed by atoms with van der Waals surface area (Å²) < 4.78 is 5.09. The molecule has 0 unspecified atom stereocenters. The maximum Gasteiger partial charge on any atom is 0.333 e. The molecule has 0 spiro atoms. The number of nitrogens with zero attached hydrogens (tertiary/aromatic N) is 1. The largest absolute Gasteiger partial charge is 0.462 e. The number of rotatable bonds is 16. The van der Waals surface area contributed by atoms with Gasteiger partial charge in [-0.05, 0) is 52.2 Å². The lowest BCUT2D eigenvalue weighted by Gasteiger charge is -2.21. The van der Waals surface area contributed by atoms with E-state index >= 15 is 0 Å². The summed E-state index contributed by atoms with van der Waals surface area (Å²) in [5, 5.41) is 0. The van der Waals surface area contributed by atoms with E-state index in [0.29, 0.717) is 12.2 Å². The maximum atomic E-state index is 11.2. The molecule has 3 heteroatoms. The standard InChI is InChI=1S/C20H39NO2/c1-5-7-15-21(16-8-6-2)17-13-11-9-10-12-14-18-23-20(22)19(3)4/h3,5-18H2,1-2,4H3. The first-order chi connectivity index (χ1) is 11.1. The molecule has 0 aliphatic heterocycles. The summed E-state index contributed by atoms with van der Waals surface area (Å²) in [6.45, 7) is 14.1. The summed E-state index contributed by atoms with van der Waals surface area (Å²) in [5.41, 5.74) is 0.487. The van der Waals surface area contributed by atoms with Crippen LogP contribution >= 0.6 is 0 Å². The molecule has 0 aromatic carbocycles. The SMILES string of the molecule is C=C(C)C(=O)OCCCCCCCCN(CCCC)CCCC. The number of ether oxygens (including phenoxy) is 1. The van der Waals surface area contributed by atoms with Crippen LogP contribution in [0.2, 0.25) is 0 Å². The van der Waals surface area contributed by atoms with Gasteiger partial charge >= 0.3 is 5.97 Å². The average molecular weight is 326 g/mol. The second kappa shape index (κ2) is 16.0. The lowest BCUT2D eigenvalue weighted by Crippen LogP contribution is -2.27. The monoisotopic (exact) mass is 325 g/mol. The molecule has 3 nitrogen and oxygen atoms in total. The van der Waals surface area contributed by atoms with Crippen LogP contribution in [0, 0.1) is 0 Å². The maximum absolute atomic E-state index is 11.2. The third-order valence-corrected chi connectivity index (χ3v) is 4.11. The lowest BCUT2D eigenvalue weighted by molar-refractivity contribution is -0.139. The fourth-order valence-electron chi connectivity index (χ4n) is 2.53. The van der Waals surface area contributed by atoms with Gasteiger partial charge in [0.1, 0.15) is 0 Å². The molecule has 0 aliphatic carbocycles. The second-order valence-electron chi connectivity index (χ2n) is 6.59. The normalized spacial score (nSPS) is 11.0. The Kier molecular flexibility index (Phi) is 15.5. The Balaban J connectivity index is 3.47. The fourth-order valence-corrected chi connectivity index (χ4v) is 2.53. The van der Waals surface area contributed by atoms with Crippen molar-refractivity contribution in [3.8, 4) is 0 Å². The summed E-state index contributed by atoms with van der Waals surface area (Å²) in [6, 6.07) is 0. The van der Waals surface area contributed by atoms with Crippen LogP contribution < -0.4 is 0 Å². The van der Waals surface area contributed by atoms with Gasteiger partial charge in [0.15, 0.2) is 0 Å². The van der Waals surface area contributed by atoms with Crippen molar-refractivity contribution in [2.75, 3.05) is 26.2 Å². The fraction of sp³-hybridized carbons (Fsp3) is 0.850. The lowest BCUT2D eigenvalue weighted by atomic mass is 10.1. The van der Waals surface area contributed by atoms with Crippen molar-refractivity contribution < 1.29 is 9.53 Å². The van der Waals surface area contributed by atoms with Crippen LogP contribution in [0.4, 0.5) is 0 Å². The van der Waals surface area contributed by atoms with E-state index in [0.717, 1.165) is 12.8 Å². The van der Waals surface area contributed by atoms with E-state index in [1.807, 2.05) is 0 Å². The molecule has 136 valence electrons. The molecule has 0 atom stereocenters. The van der Waals surface area contributed by atoms with Gasteiger partial charge in [-0.15, -0.1) is 0 Å². The van der Waals surface area contributed by atoms with Gasteiger partial charge in [0, 0.05) is 5.57 Å². The number of carbonyl (C=O) groups excluding carboxylic acids is 1. The molecule has 0 rings (SSSR count). The van der Waals surface area contributed by atoms with E-state index in [-0.39, 0.29) is 5.97 Å². The van der Waals surface area contributed by atoms with Crippen LogP contribution in [0.25, 0.3) is 0 Å². The predicted molar refractivity (Wildman–Crippen MR) is 99.7 cm³/mol. The van der Waals surface area contributed by atoms with Crippen LogP contribution in [-0.4, -0.2) is 37.1 Å². The molecular formula is C20H39NO2. The van der Waals surface area contributed by atoms with E-state index < -0.39 is 0 Å². The Hall–Kier alpha value is -0.830. The highest BCUT2D eigenvalue weighted by molar-refractivity contribution is 5.86. The molecular weight excluding hydrogens is 286 g/mol. The highest BCUT2D eigenvalue weighted by Crippen LogP contribution is 2.08. The van der Waals surface area contributed by atoms with Crippen molar-refractivity contribution in [1.82, 2.24) is 4.90 Å². The summed E-state index contributed by atoms with van der Waals surface area (Å²) in [5.74, 6) is -0.260. The Bertz CT molecular complexity index is 294. The number of unbranched alkanes of at least 4 members (excludes halogenated alkanes) is 7. The molecule has 0 saturated carbocycles. The first-order valence-corrected chi connectivity index (χ1v) is 9.66. The molecule has 0 heterocycles. The minimum absolute atomic E-state index is 0.260. The quantitative estimate of drug-likeness (QED) is 0.218. The zero-order valence-corrected chi connectivity index (χ0v) is 15.9. The van der Waals surface area contributed by atoms with Crippen molar-refractivity contribution in [2.24, 2.45) is 0 Å². The van der Waals surface area contributed by atoms with Gasteiger partial charge in [-0.1, -0.05) is 59.0 Å². The summed E-state index contributed by atoms with van der Waals surface area (Å²) in [4.78, 5) is 13.8. The van der Waals surface area contributed by atoms with Crippen molar-refractivity contribution in [1.29, 1.82) is 0 Å². The zero-order chi connectivity index (χ0) is 17.3. The number of hydrogen-bond donors (Lipinski definition) is 0. The van der Waals surface area contributed by atoms with Gasteiger partial charge < -0.3 is 9.64 Å². The van der Waals surface area contributed by atoms with E-state index in [2.05, 4.69) is 25.3 Å². The van der Waals surface area contributed by atoms with Gasteiger partial charge in [-0.3, -0.25) is 0 Å². The Morgan fingerprint density at radius 1 is 0.826 bits per heavy atom. The van der Waals surface area contributed by atoms with Crippen molar-refractivity contribution >= 4 is 5.97 Å². The number of esters is 1. The average Bonchev–Trinajstić information content (AvgIpc) is 2.54. The molecule has 0 aromatic heterocycles. The molecule has 0 fully saturated rings. The molecule has 0 aromatic rings. The Morgan fingerprint density at radius 2 is 1.30 bits per heavy atom. The van der Waals surface area contributed by atoms with Crippen molar-refractivity contribution in [2.45, 2.75) is 85.0 Å². The van der Waals surface area contributed by atoms with E-state index in [1.54, 1.807) is 6.92 Å². The van der Waals surface area contributed by atoms with Crippen LogP contribution in [0.3, 0.4) is 0 Å². The molecule has 0 bridgehead atoms. The minimum atomic E-state index is -0.260. The van der Waals surface area contributed by atoms with Gasteiger partial charge in [0.25, 0.3) is 0 Å². The van der Waals surface area contributed by atoms with E-state index in [9.17, 15) is 4.79 Å². The molecule has 23 heavy (non-hydrogen) atoms. The van der Waals surface area contributed by atoms with Gasteiger partial charge in [0.05, 0.1) is 6.61 Å². The Morgan fingerprint density at radius 3 is 1.83 bits per heavy atom. The smallest absolute Gasteiger partial charge is 0.333 e. The van der Waals surface area contributed by atoms with Crippen molar-refractivity contribution in [3.05, 3.63) is 12.2 Å². The first-order valence-electron chi connectivity index (χ1n) is 9.66. The van der Waals surface area contributed by atoms with E-state index in [1.165, 1.54) is 71.0 Å². The van der Waals surface area contributed by atoms with E-state index in [4.69, 9.17) is 4.74 Å². The number of hydrogen-bond acceptors (Lipinski definition) is 3. The molecule has 0 radical (unpaired) electrons. The molecule has 0 saturated heterocycles. The van der Waals surface area contributed by atoms with Gasteiger partial charge in [0.2, 0.25) is 0 Å². The first kappa shape index (κ1) is 22.2. The summed E-state index contributed by atoms with van der Waals surface area (Å²) in [7, 11) is 0. The van der Waals surface area contributed by atoms with Gasteiger partial charge in [-0.25, -0.2) is 4.79 Å². The highest BCUT2D eigenvalue weighted by Gasteiger charge is 2.04. The minimum Gasteiger partial charge on any atom is -0.462 e. The highest BCUT2D eigenvalue weighted by atomic mass is 16.5. The summed E-state index contributed by atoms with van der Waals surface area (Å²) in [6.07, 6.45) is 12.5. The van der Waals surface area contributed by atoms with Crippen LogP contribution in [-0.2, 0) is 9.53 Å². The van der Waals surface area contributed by atoms with Crippen LogP contribution in [0.15, 0.2) is 12.2 Å². The Labute approximate surface area is 144 Å².